The van der Waals surface area contributed by atoms with Crippen molar-refractivity contribution in [3.05, 3.63) is 64.1 Å². The van der Waals surface area contributed by atoms with Crippen LogP contribution in [0, 0.1) is 25.2 Å². The van der Waals surface area contributed by atoms with Crippen LogP contribution in [-0.2, 0) is 29.0 Å². The lowest BCUT2D eigenvalue weighted by molar-refractivity contribution is -0.132. The molecule has 0 atom stereocenters. The van der Waals surface area contributed by atoms with Crippen molar-refractivity contribution in [3.8, 4) is 6.07 Å². The fourth-order valence-electron chi connectivity index (χ4n) is 4.41. The van der Waals surface area contributed by atoms with E-state index >= 15 is 0 Å². The zero-order valence-corrected chi connectivity index (χ0v) is 19.1. The summed E-state index contributed by atoms with van der Waals surface area (Å²) in [5.74, 6) is 0.0896. The number of nitriles is 1. The van der Waals surface area contributed by atoms with Gasteiger partial charge in [0.2, 0.25) is 11.8 Å². The van der Waals surface area contributed by atoms with Gasteiger partial charge < -0.3 is 10.2 Å². The van der Waals surface area contributed by atoms with Crippen LogP contribution in [0.2, 0.25) is 0 Å². The number of hydrogen-bond acceptors (Lipinski definition) is 5. The third-order valence-electron chi connectivity index (χ3n) is 6.30. The molecule has 4 rings (SSSR count). The normalized spacial score (nSPS) is 12.9. The number of fused-ring (bicyclic) bond motifs is 2. The molecule has 1 aliphatic rings. The minimum absolute atomic E-state index is 0.0496. The average molecular weight is 445 g/mol. The minimum atomic E-state index is -0.0496. The molecule has 0 fully saturated rings. The minimum Gasteiger partial charge on any atom is -0.356 e. The largest absolute Gasteiger partial charge is 0.356 e. The maximum absolute atomic E-state index is 12.5. The van der Waals surface area contributed by atoms with Crippen molar-refractivity contribution in [2.75, 3.05) is 13.1 Å². The Morgan fingerprint density at radius 3 is 2.76 bits per heavy atom. The molecule has 1 aliphatic heterocycles. The number of nitrogens with one attached hydrogen (secondary N) is 1. The molecule has 0 unspecified atom stereocenters. The highest BCUT2D eigenvalue weighted by molar-refractivity contribution is 5.77. The molecule has 2 amide bonds. The first-order valence-electron chi connectivity index (χ1n) is 11.3. The first kappa shape index (κ1) is 22.5. The van der Waals surface area contributed by atoms with Gasteiger partial charge in [0.25, 0.3) is 0 Å². The van der Waals surface area contributed by atoms with Gasteiger partial charge in [0.1, 0.15) is 11.6 Å². The van der Waals surface area contributed by atoms with E-state index < -0.39 is 0 Å². The van der Waals surface area contributed by atoms with Gasteiger partial charge in [0.05, 0.1) is 6.20 Å². The summed E-state index contributed by atoms with van der Waals surface area (Å²) in [6.07, 6.45) is 4.34. The number of benzene rings is 1. The quantitative estimate of drug-likeness (QED) is 0.564. The molecule has 0 bridgehead atoms. The van der Waals surface area contributed by atoms with Gasteiger partial charge in [0, 0.05) is 43.9 Å². The van der Waals surface area contributed by atoms with Crippen molar-refractivity contribution in [1.82, 2.24) is 24.8 Å². The van der Waals surface area contributed by atoms with Crippen LogP contribution in [0.4, 0.5) is 0 Å². The number of hydrogen-bond donors (Lipinski definition) is 1. The smallest absolute Gasteiger partial charge is 0.222 e. The summed E-state index contributed by atoms with van der Waals surface area (Å²) in [5, 5.41) is 16.3. The van der Waals surface area contributed by atoms with Crippen molar-refractivity contribution in [3.63, 3.8) is 0 Å². The number of carbonyl (C=O) groups is 2. The highest BCUT2D eigenvalue weighted by atomic mass is 16.2. The van der Waals surface area contributed by atoms with Gasteiger partial charge >= 0.3 is 0 Å². The number of amides is 2. The Morgan fingerprint density at radius 2 is 1.97 bits per heavy atom. The predicted molar refractivity (Wildman–Crippen MR) is 123 cm³/mol. The van der Waals surface area contributed by atoms with E-state index in [1.165, 1.54) is 17.3 Å². The lowest BCUT2D eigenvalue weighted by Gasteiger charge is -2.29. The molecule has 0 aliphatic carbocycles. The fourth-order valence-corrected chi connectivity index (χ4v) is 4.41. The van der Waals surface area contributed by atoms with E-state index in [9.17, 15) is 14.9 Å². The van der Waals surface area contributed by atoms with Gasteiger partial charge in [-0.25, -0.2) is 9.50 Å². The van der Waals surface area contributed by atoms with Crippen LogP contribution in [-0.4, -0.2) is 44.4 Å². The lowest BCUT2D eigenvalue weighted by Crippen LogP contribution is -2.36. The average Bonchev–Trinajstić information content (AvgIpc) is 3.24. The van der Waals surface area contributed by atoms with Crippen LogP contribution in [0.3, 0.4) is 0 Å². The van der Waals surface area contributed by atoms with Crippen molar-refractivity contribution in [1.29, 1.82) is 5.26 Å². The first-order valence-corrected chi connectivity index (χ1v) is 11.3. The van der Waals surface area contributed by atoms with Crippen molar-refractivity contribution < 1.29 is 9.59 Å². The highest BCUT2D eigenvalue weighted by Gasteiger charge is 2.20. The standard InChI is InChI=1S/C25H28N6O2/c1-17-22(18(2)31-25(29-17)21(14-26)15-28-31)9-10-23(32)27-12-5-8-24(33)30-13-11-19-6-3-4-7-20(19)16-30/h3-4,6-7,15H,5,8-13,16H2,1-2H3,(H,27,32). The van der Waals surface area contributed by atoms with Gasteiger partial charge in [-0.15, -0.1) is 0 Å². The third-order valence-corrected chi connectivity index (χ3v) is 6.30. The molecule has 8 heteroatoms. The molecule has 1 N–H and O–H groups in total. The number of carbonyl (C=O) groups excluding carboxylic acids is 2. The zero-order chi connectivity index (χ0) is 23.4. The third kappa shape index (κ3) is 4.87. The summed E-state index contributed by atoms with van der Waals surface area (Å²) < 4.78 is 1.66. The van der Waals surface area contributed by atoms with E-state index in [0.29, 0.717) is 50.0 Å². The van der Waals surface area contributed by atoms with Crippen LogP contribution < -0.4 is 5.32 Å². The second kappa shape index (κ2) is 9.82. The molecule has 170 valence electrons. The van der Waals surface area contributed by atoms with Crippen LogP contribution in [0.5, 0.6) is 0 Å². The van der Waals surface area contributed by atoms with Crippen LogP contribution in [0.1, 0.15) is 52.9 Å². The molecule has 3 aromatic rings. The summed E-state index contributed by atoms with van der Waals surface area (Å²) in [7, 11) is 0. The number of aromatic nitrogens is 3. The fraction of sp³-hybridized carbons (Fsp3) is 0.400. The topological polar surface area (TPSA) is 103 Å². The molecular formula is C25H28N6O2. The molecule has 0 radical (unpaired) electrons. The Balaban J connectivity index is 1.22. The SMILES string of the molecule is Cc1nc2c(C#N)cnn2c(C)c1CCC(=O)NCCCC(=O)N1CCc2ccccc2C1. The molecule has 0 saturated carbocycles. The number of nitrogens with zero attached hydrogens (tertiary/aromatic N) is 5. The molecule has 1 aromatic carbocycles. The maximum atomic E-state index is 12.5. The van der Waals surface area contributed by atoms with E-state index in [1.807, 2.05) is 30.9 Å². The van der Waals surface area contributed by atoms with Gasteiger partial charge in [0.15, 0.2) is 5.65 Å². The van der Waals surface area contributed by atoms with Gasteiger partial charge in [-0.2, -0.15) is 10.4 Å². The molecule has 3 heterocycles. The first-order chi connectivity index (χ1) is 16.0. The van der Waals surface area contributed by atoms with Crippen molar-refractivity contribution in [2.45, 2.75) is 52.5 Å². The Labute approximate surface area is 193 Å². The molecule has 0 saturated heterocycles. The van der Waals surface area contributed by atoms with Crippen molar-refractivity contribution >= 4 is 17.5 Å². The maximum Gasteiger partial charge on any atom is 0.222 e. The summed E-state index contributed by atoms with van der Waals surface area (Å²) in [6, 6.07) is 10.4. The lowest BCUT2D eigenvalue weighted by atomic mass is 9.99. The Kier molecular flexibility index (Phi) is 6.68. The van der Waals surface area contributed by atoms with Crippen LogP contribution >= 0.6 is 0 Å². The van der Waals surface area contributed by atoms with Crippen molar-refractivity contribution in [2.24, 2.45) is 0 Å². The Morgan fingerprint density at radius 1 is 1.18 bits per heavy atom. The molecule has 33 heavy (non-hydrogen) atoms. The van der Waals surface area contributed by atoms with Gasteiger partial charge in [-0.1, -0.05) is 24.3 Å². The van der Waals surface area contributed by atoms with E-state index in [4.69, 9.17) is 0 Å². The molecule has 8 nitrogen and oxygen atoms in total. The highest BCUT2D eigenvalue weighted by Crippen LogP contribution is 2.20. The predicted octanol–water partition coefficient (Wildman–Crippen LogP) is 2.63. The van der Waals surface area contributed by atoms with Gasteiger partial charge in [-0.3, -0.25) is 9.59 Å². The van der Waals surface area contributed by atoms with E-state index in [1.54, 1.807) is 4.52 Å². The molecule has 0 spiro atoms. The summed E-state index contributed by atoms with van der Waals surface area (Å²) in [5.41, 5.74) is 6.19. The summed E-state index contributed by atoms with van der Waals surface area (Å²) in [6.45, 7) is 5.72. The Bertz CT molecular complexity index is 1240. The zero-order valence-electron chi connectivity index (χ0n) is 19.1. The second-order valence-electron chi connectivity index (χ2n) is 8.45. The monoisotopic (exact) mass is 444 g/mol. The van der Waals surface area contributed by atoms with E-state index in [2.05, 4.69) is 33.6 Å². The van der Waals surface area contributed by atoms with E-state index in [0.717, 1.165) is 29.9 Å². The van der Waals surface area contributed by atoms with Gasteiger partial charge in [-0.05, 0) is 49.8 Å². The molecular weight excluding hydrogens is 416 g/mol. The summed E-state index contributed by atoms with van der Waals surface area (Å²) >= 11 is 0. The van der Waals surface area contributed by atoms with Crippen LogP contribution in [0.15, 0.2) is 30.5 Å². The Hall–Kier alpha value is -3.73. The number of aryl methyl sites for hydroxylation is 2. The molecule has 2 aromatic heterocycles. The second-order valence-corrected chi connectivity index (χ2v) is 8.45. The number of rotatable bonds is 7. The summed E-state index contributed by atoms with van der Waals surface area (Å²) in [4.78, 5) is 31.3. The van der Waals surface area contributed by atoms with E-state index in [-0.39, 0.29) is 11.8 Å². The van der Waals surface area contributed by atoms with Crippen LogP contribution in [0.25, 0.3) is 5.65 Å².